The van der Waals surface area contributed by atoms with Crippen LogP contribution in [-0.2, 0) is 4.74 Å². The quantitative estimate of drug-likeness (QED) is 0.0788. The van der Waals surface area contributed by atoms with Gasteiger partial charge in [0.15, 0.2) is 0 Å². The van der Waals surface area contributed by atoms with Crippen LogP contribution in [0.1, 0.15) is 136 Å². The second kappa shape index (κ2) is 24.8. The molecule has 0 spiro atoms. The first-order valence-corrected chi connectivity index (χ1v) is 21.2. The number of likely N-dealkylation sites (tertiary alicyclic amines) is 2. The lowest BCUT2D eigenvalue weighted by molar-refractivity contribution is -0.0650. The number of hydrogen-bond donors (Lipinski definition) is 4. The molecular weight excluding hydrogens is 711 g/mol. The average molecular weight is 776 g/mol. The van der Waals surface area contributed by atoms with Gasteiger partial charge < -0.3 is 35.4 Å². The SMILES string of the molecule is O=C(NCCCCCCCCCN1CCC(OC2CCN(CCCCCCCCCNC(=O)c3ccc(Cl)cc3O)CC2)CC1)c1ccc(Cl)cc1O. The van der Waals surface area contributed by atoms with Gasteiger partial charge >= 0.3 is 0 Å². The summed E-state index contributed by atoms with van der Waals surface area (Å²) in [6.07, 6.45) is 22.1. The molecule has 2 amide bonds. The van der Waals surface area contributed by atoms with Crippen LogP contribution in [0, 0.1) is 0 Å². The van der Waals surface area contributed by atoms with E-state index in [2.05, 4.69) is 20.4 Å². The topological polar surface area (TPSA) is 114 Å². The second-order valence-corrected chi connectivity index (χ2v) is 15.9. The number of ether oxygens (including phenoxy) is 1. The molecule has 9 nitrogen and oxygen atoms in total. The van der Waals surface area contributed by atoms with Crippen LogP contribution in [0.3, 0.4) is 0 Å². The molecule has 0 unspecified atom stereocenters. The molecule has 2 aromatic rings. The van der Waals surface area contributed by atoms with Gasteiger partial charge in [-0.2, -0.15) is 0 Å². The van der Waals surface area contributed by atoms with Gasteiger partial charge in [0, 0.05) is 49.3 Å². The van der Waals surface area contributed by atoms with E-state index >= 15 is 0 Å². The lowest BCUT2D eigenvalue weighted by Crippen LogP contribution is -2.42. The van der Waals surface area contributed by atoms with Crippen LogP contribution in [0.4, 0.5) is 0 Å². The molecule has 296 valence electrons. The van der Waals surface area contributed by atoms with E-state index in [0.717, 1.165) is 77.5 Å². The third-order valence-corrected chi connectivity index (χ3v) is 11.2. The molecule has 0 radical (unpaired) electrons. The summed E-state index contributed by atoms with van der Waals surface area (Å²) in [5.74, 6) is -0.671. The van der Waals surface area contributed by atoms with Crippen LogP contribution in [-0.4, -0.2) is 96.4 Å². The predicted octanol–water partition coefficient (Wildman–Crippen LogP) is 8.97. The van der Waals surface area contributed by atoms with E-state index in [9.17, 15) is 19.8 Å². The van der Waals surface area contributed by atoms with Crippen LogP contribution >= 0.6 is 23.2 Å². The maximum absolute atomic E-state index is 12.2. The first-order valence-electron chi connectivity index (χ1n) is 20.4. The van der Waals surface area contributed by atoms with Crippen molar-refractivity contribution in [3.8, 4) is 11.5 Å². The zero-order valence-electron chi connectivity index (χ0n) is 31.8. The van der Waals surface area contributed by atoms with E-state index in [4.69, 9.17) is 27.9 Å². The number of amides is 2. The predicted molar refractivity (Wildman–Crippen MR) is 216 cm³/mol. The Balaban J connectivity index is 0.886. The largest absolute Gasteiger partial charge is 0.507 e. The Morgan fingerprint density at radius 3 is 1.26 bits per heavy atom. The minimum Gasteiger partial charge on any atom is -0.507 e. The number of nitrogens with one attached hydrogen (secondary N) is 2. The molecule has 2 aromatic carbocycles. The molecule has 0 aromatic heterocycles. The fraction of sp³-hybridized carbons (Fsp3) is 0.667. The summed E-state index contributed by atoms with van der Waals surface area (Å²) < 4.78 is 6.58. The molecule has 2 saturated heterocycles. The molecule has 53 heavy (non-hydrogen) atoms. The second-order valence-electron chi connectivity index (χ2n) is 15.0. The first-order chi connectivity index (χ1) is 25.8. The maximum Gasteiger partial charge on any atom is 0.255 e. The Morgan fingerprint density at radius 1 is 0.566 bits per heavy atom. The van der Waals surface area contributed by atoms with E-state index in [1.807, 2.05) is 0 Å². The minimum absolute atomic E-state index is 0.0823. The molecule has 0 bridgehead atoms. The Kier molecular flexibility index (Phi) is 20.2. The Labute approximate surface area is 328 Å². The van der Waals surface area contributed by atoms with Gasteiger partial charge in [0.2, 0.25) is 0 Å². The summed E-state index contributed by atoms with van der Waals surface area (Å²) in [7, 11) is 0. The summed E-state index contributed by atoms with van der Waals surface area (Å²) in [4.78, 5) is 29.7. The number of benzene rings is 2. The van der Waals surface area contributed by atoms with Gasteiger partial charge in [-0.3, -0.25) is 9.59 Å². The molecule has 11 heteroatoms. The fourth-order valence-corrected chi connectivity index (χ4v) is 7.82. The van der Waals surface area contributed by atoms with Gasteiger partial charge in [0.05, 0.1) is 23.3 Å². The van der Waals surface area contributed by atoms with Crippen molar-refractivity contribution in [2.24, 2.45) is 0 Å². The third-order valence-electron chi connectivity index (χ3n) is 10.7. The Morgan fingerprint density at radius 2 is 0.906 bits per heavy atom. The highest BCUT2D eigenvalue weighted by molar-refractivity contribution is 6.31. The van der Waals surface area contributed by atoms with Crippen molar-refractivity contribution >= 4 is 35.0 Å². The average Bonchev–Trinajstić information content (AvgIpc) is 3.14. The van der Waals surface area contributed by atoms with Crippen LogP contribution in [0.15, 0.2) is 36.4 Å². The molecule has 2 fully saturated rings. The molecular formula is C42H64Cl2N4O5. The maximum atomic E-state index is 12.2. The summed E-state index contributed by atoms with van der Waals surface area (Å²) in [5, 5.41) is 26.4. The molecule has 4 rings (SSSR count). The molecule has 2 heterocycles. The van der Waals surface area contributed by atoms with Crippen LogP contribution in [0.25, 0.3) is 0 Å². The van der Waals surface area contributed by atoms with Crippen molar-refractivity contribution in [1.82, 2.24) is 20.4 Å². The smallest absolute Gasteiger partial charge is 0.255 e. The van der Waals surface area contributed by atoms with E-state index in [1.165, 1.54) is 89.4 Å². The van der Waals surface area contributed by atoms with E-state index < -0.39 is 0 Å². The zero-order chi connectivity index (χ0) is 37.7. The Hall–Kier alpha value is -2.56. The molecule has 4 N–H and O–H groups in total. The highest BCUT2D eigenvalue weighted by atomic mass is 35.5. The van der Waals surface area contributed by atoms with Crippen molar-refractivity contribution in [1.29, 1.82) is 0 Å². The summed E-state index contributed by atoms with van der Waals surface area (Å²) in [5.41, 5.74) is 0.535. The number of carbonyl (C=O) groups is 2. The molecule has 0 atom stereocenters. The number of halogens is 2. The minimum atomic E-state index is -0.253. The number of hydrogen-bond acceptors (Lipinski definition) is 7. The molecule has 0 aliphatic carbocycles. The van der Waals surface area contributed by atoms with E-state index in [-0.39, 0.29) is 34.4 Å². The van der Waals surface area contributed by atoms with Crippen LogP contribution < -0.4 is 10.6 Å². The van der Waals surface area contributed by atoms with Gasteiger partial charge in [0.25, 0.3) is 11.8 Å². The number of piperidine rings is 2. The summed E-state index contributed by atoms with van der Waals surface area (Å²) in [6, 6.07) is 9.11. The lowest BCUT2D eigenvalue weighted by atomic mass is 10.0. The lowest BCUT2D eigenvalue weighted by Gasteiger charge is -2.37. The van der Waals surface area contributed by atoms with Crippen molar-refractivity contribution in [2.75, 3.05) is 52.4 Å². The third kappa shape index (κ3) is 16.8. The van der Waals surface area contributed by atoms with E-state index in [0.29, 0.717) is 35.3 Å². The molecule has 2 aliphatic rings. The highest BCUT2D eigenvalue weighted by Gasteiger charge is 2.25. The van der Waals surface area contributed by atoms with Crippen molar-refractivity contribution < 1.29 is 24.5 Å². The van der Waals surface area contributed by atoms with Gasteiger partial charge in [-0.05, 0) is 101 Å². The van der Waals surface area contributed by atoms with Crippen LogP contribution in [0.5, 0.6) is 11.5 Å². The highest BCUT2D eigenvalue weighted by Crippen LogP contribution is 2.24. The first kappa shape index (κ1) is 43.2. The van der Waals surface area contributed by atoms with Gasteiger partial charge in [-0.25, -0.2) is 0 Å². The molecule has 2 aliphatic heterocycles. The molecule has 0 saturated carbocycles. The summed E-state index contributed by atoms with van der Waals surface area (Å²) in [6.45, 7) is 8.30. The monoisotopic (exact) mass is 774 g/mol. The number of nitrogens with zero attached hydrogens (tertiary/aromatic N) is 2. The number of carbonyl (C=O) groups excluding carboxylic acids is 2. The van der Waals surface area contributed by atoms with Crippen molar-refractivity contribution in [3.05, 3.63) is 57.6 Å². The number of unbranched alkanes of at least 4 members (excludes halogenated alkanes) is 12. The van der Waals surface area contributed by atoms with Crippen molar-refractivity contribution in [2.45, 2.75) is 128 Å². The zero-order valence-corrected chi connectivity index (χ0v) is 33.3. The van der Waals surface area contributed by atoms with Gasteiger partial charge in [0.1, 0.15) is 11.5 Å². The fourth-order valence-electron chi connectivity index (χ4n) is 7.49. The van der Waals surface area contributed by atoms with Crippen molar-refractivity contribution in [3.63, 3.8) is 0 Å². The number of phenolic OH excluding ortho intramolecular Hbond substituents is 2. The number of rotatable bonds is 24. The normalized spacial score (nSPS) is 16.2. The standard InChI is InChI=1S/C42H64Cl2N4O5/c43-33-15-17-37(39(49)31-33)41(51)45-23-11-7-3-1-5-9-13-25-47-27-19-35(20-28-47)53-36-21-29-48(30-22-36)26-14-10-6-2-4-8-12-24-46-42(52)38-18-16-34(44)32-40(38)50/h15-18,31-32,35-36,49-50H,1-14,19-30H2,(H,45,51)(H,46,52). The van der Waals surface area contributed by atoms with Crippen LogP contribution in [0.2, 0.25) is 10.0 Å². The Bertz CT molecular complexity index is 1260. The van der Waals surface area contributed by atoms with Gasteiger partial charge in [-0.15, -0.1) is 0 Å². The summed E-state index contributed by atoms with van der Waals surface area (Å²) >= 11 is 11.7. The number of aromatic hydroxyl groups is 2. The van der Waals surface area contributed by atoms with E-state index in [1.54, 1.807) is 24.3 Å². The van der Waals surface area contributed by atoms with Gasteiger partial charge in [-0.1, -0.05) is 87.4 Å². The number of phenols is 2.